The lowest BCUT2D eigenvalue weighted by Crippen LogP contribution is -2.53. The molecule has 1 saturated heterocycles. The molecule has 3 aromatic rings. The van der Waals surface area contributed by atoms with Crippen molar-refractivity contribution < 1.29 is 28.7 Å². The molecule has 3 N–H and O–H groups in total. The van der Waals surface area contributed by atoms with Crippen molar-refractivity contribution in [3.05, 3.63) is 72.2 Å². The van der Waals surface area contributed by atoms with Gasteiger partial charge in [0, 0.05) is 31.4 Å². The number of allylic oxidation sites excluding steroid dienone is 1. The molecule has 2 aromatic carbocycles. The molecule has 1 saturated carbocycles. The van der Waals surface area contributed by atoms with Gasteiger partial charge in [0.2, 0.25) is 11.8 Å². The Kier molecular flexibility index (Phi) is 10.1. The van der Waals surface area contributed by atoms with Gasteiger partial charge in [-0.1, -0.05) is 70.2 Å². The van der Waals surface area contributed by atoms with Gasteiger partial charge in [-0.2, -0.15) is 0 Å². The summed E-state index contributed by atoms with van der Waals surface area (Å²) in [6, 6.07) is 12.7. The van der Waals surface area contributed by atoms with E-state index in [9.17, 15) is 19.2 Å². The second-order valence-corrected chi connectivity index (χ2v) is 15.6. The quantitative estimate of drug-likeness (QED) is 0.216. The van der Waals surface area contributed by atoms with Crippen LogP contribution in [-0.4, -0.2) is 94.9 Å². The smallest absolute Gasteiger partial charge is 0.407 e. The molecule has 1 aliphatic carbocycles. The number of imidazole rings is 1. The van der Waals surface area contributed by atoms with Gasteiger partial charge >= 0.3 is 12.2 Å². The minimum atomic E-state index is -0.704. The molecule has 4 heterocycles. The van der Waals surface area contributed by atoms with Crippen LogP contribution in [0.2, 0.25) is 0 Å². The highest BCUT2D eigenvalue weighted by molar-refractivity contribution is 6.05. The first-order chi connectivity index (χ1) is 25.9. The first-order valence-electron chi connectivity index (χ1n) is 18.7. The maximum Gasteiger partial charge on any atom is 0.407 e. The zero-order chi connectivity index (χ0) is 38.3. The van der Waals surface area contributed by atoms with Gasteiger partial charge in [0.1, 0.15) is 17.9 Å². The molecule has 4 amide bonds. The van der Waals surface area contributed by atoms with Gasteiger partial charge in [-0.3, -0.25) is 14.6 Å². The van der Waals surface area contributed by atoms with Gasteiger partial charge in [-0.25, -0.2) is 14.6 Å². The van der Waals surface area contributed by atoms with E-state index in [1.165, 1.54) is 14.2 Å². The summed E-state index contributed by atoms with van der Waals surface area (Å²) >= 11 is 0. The highest BCUT2D eigenvalue weighted by Gasteiger charge is 2.55. The molecule has 4 aliphatic rings. The Balaban J connectivity index is 1.03. The number of nitrogens with zero attached hydrogens (tertiary/aromatic N) is 4. The van der Waals surface area contributed by atoms with E-state index in [1.807, 2.05) is 57.0 Å². The molecule has 0 unspecified atom stereocenters. The number of H-pyrrole nitrogens is 1. The maximum absolute atomic E-state index is 13.9. The molecule has 0 radical (unpaired) electrons. The molecule has 1 spiro atoms. The monoisotopic (exact) mass is 735 g/mol. The lowest BCUT2D eigenvalue weighted by atomic mass is 9.96. The highest BCUT2D eigenvalue weighted by atomic mass is 16.5. The van der Waals surface area contributed by atoms with Gasteiger partial charge < -0.3 is 34.9 Å². The van der Waals surface area contributed by atoms with Crippen molar-refractivity contribution in [1.82, 2.24) is 30.4 Å². The summed E-state index contributed by atoms with van der Waals surface area (Å²) in [5.74, 6) is 0.259. The second-order valence-electron chi connectivity index (χ2n) is 15.6. The number of aromatic amines is 1. The molecule has 3 aliphatic heterocycles. The van der Waals surface area contributed by atoms with Crippen LogP contribution in [0.5, 0.6) is 0 Å². The lowest BCUT2D eigenvalue weighted by Gasteiger charge is -2.31. The number of carbonyl (C=O) groups is 4. The van der Waals surface area contributed by atoms with Crippen LogP contribution >= 0.6 is 0 Å². The number of aliphatic imine (C=N–C) groups is 1. The van der Waals surface area contributed by atoms with Gasteiger partial charge in [0.15, 0.2) is 0 Å². The van der Waals surface area contributed by atoms with Gasteiger partial charge in [0.05, 0.1) is 37.3 Å². The Labute approximate surface area is 315 Å². The topological polar surface area (TPSA) is 158 Å². The van der Waals surface area contributed by atoms with Gasteiger partial charge in [0.25, 0.3) is 0 Å². The number of aromatic nitrogens is 2. The summed E-state index contributed by atoms with van der Waals surface area (Å²) in [5.41, 5.74) is 6.92. The number of nitrogens with one attached hydrogen (secondary N) is 3. The normalized spacial score (nSPS) is 21.0. The summed E-state index contributed by atoms with van der Waals surface area (Å²) < 4.78 is 9.57. The Morgan fingerprint density at radius 3 is 2.07 bits per heavy atom. The third kappa shape index (κ3) is 7.23. The van der Waals surface area contributed by atoms with Crippen molar-refractivity contribution in [1.29, 1.82) is 0 Å². The molecule has 54 heavy (non-hydrogen) atoms. The van der Waals surface area contributed by atoms with Crippen LogP contribution < -0.4 is 10.6 Å². The van der Waals surface area contributed by atoms with E-state index in [4.69, 9.17) is 19.5 Å². The minimum Gasteiger partial charge on any atom is -0.453 e. The number of amides is 4. The van der Waals surface area contributed by atoms with Gasteiger partial charge in [-0.15, -0.1) is 0 Å². The molecule has 13 heteroatoms. The summed E-state index contributed by atoms with van der Waals surface area (Å²) in [5, 5.41) is 5.43. The predicted octanol–water partition coefficient (Wildman–Crippen LogP) is 6.00. The fraction of sp³-hybridized carbons (Fsp3) is 0.463. The highest BCUT2D eigenvalue weighted by Crippen LogP contribution is 2.58. The van der Waals surface area contributed by atoms with Crippen LogP contribution in [0.3, 0.4) is 0 Å². The number of carbonyl (C=O) groups excluding carboxylic acids is 4. The minimum absolute atomic E-state index is 0.108. The zero-order valence-corrected chi connectivity index (χ0v) is 31.7. The summed E-state index contributed by atoms with van der Waals surface area (Å²) in [6.07, 6.45) is 8.21. The zero-order valence-electron chi connectivity index (χ0n) is 31.7. The molecule has 1 aromatic heterocycles. The van der Waals surface area contributed by atoms with Crippen molar-refractivity contribution >= 4 is 46.3 Å². The fourth-order valence-electron chi connectivity index (χ4n) is 7.91. The summed E-state index contributed by atoms with van der Waals surface area (Å²) in [6.45, 7) is 8.74. The largest absolute Gasteiger partial charge is 0.453 e. The first-order valence-corrected chi connectivity index (χ1v) is 18.7. The summed E-state index contributed by atoms with van der Waals surface area (Å²) in [4.78, 5) is 68.4. The third-order valence-electron chi connectivity index (χ3n) is 11.3. The van der Waals surface area contributed by atoms with E-state index in [2.05, 4.69) is 52.0 Å². The van der Waals surface area contributed by atoms with Crippen LogP contribution in [0.4, 0.5) is 9.59 Å². The van der Waals surface area contributed by atoms with Crippen molar-refractivity contribution in [2.24, 2.45) is 22.2 Å². The predicted molar refractivity (Wildman–Crippen MR) is 205 cm³/mol. The van der Waals surface area contributed by atoms with Crippen LogP contribution in [-0.2, 0) is 19.1 Å². The van der Waals surface area contributed by atoms with Crippen molar-refractivity contribution in [3.63, 3.8) is 0 Å². The van der Waals surface area contributed by atoms with E-state index < -0.39 is 24.3 Å². The van der Waals surface area contributed by atoms with E-state index in [1.54, 1.807) is 4.90 Å². The molecule has 0 bridgehead atoms. The molecule has 2 fully saturated rings. The molecule has 7 rings (SSSR count). The number of rotatable bonds is 10. The lowest BCUT2D eigenvalue weighted by molar-refractivity contribution is -0.136. The van der Waals surface area contributed by atoms with E-state index in [0.717, 1.165) is 64.1 Å². The molecular formula is C41H49N7O6. The average Bonchev–Trinajstić information content (AvgIpc) is 3.66. The number of likely N-dealkylation sites (tertiary alicyclic amines) is 1. The Morgan fingerprint density at radius 1 is 0.852 bits per heavy atom. The van der Waals surface area contributed by atoms with Crippen LogP contribution in [0.25, 0.3) is 27.7 Å². The number of fused-ring (bicyclic) bond motifs is 1. The summed E-state index contributed by atoms with van der Waals surface area (Å²) in [7, 11) is 2.59. The number of alkyl carbamates (subject to hydrolysis) is 2. The number of benzene rings is 2. The van der Waals surface area contributed by atoms with Crippen LogP contribution in [0.15, 0.2) is 65.8 Å². The van der Waals surface area contributed by atoms with Crippen LogP contribution in [0.1, 0.15) is 70.8 Å². The third-order valence-corrected chi connectivity index (χ3v) is 11.3. The number of methoxy groups -OCH3 is 2. The van der Waals surface area contributed by atoms with Crippen molar-refractivity contribution in [2.45, 2.75) is 77.5 Å². The standard InChI is InChI=1S/C41H49N7O6/c1-23(2)34(45-39(51)53-5)37(49)47-17-7-8-32(47)31-19-28(21-42-31)26-11-9-25(10-12-26)27-13-14-29-30(18-27)44-36(43-29)33-20-41(15-16-41)22-48(33)38(50)35(24(3)4)46-40(52)54-6/h7-14,18,21,23-24,32-35H,15-17,19-20,22H2,1-6H3,(H,43,44)(H,45,51)(H,46,52)/t32-,33-,34-,35-/m0/s1. The molecular weight excluding hydrogens is 686 g/mol. The SMILES string of the molecule is COC(=O)N[C@H](C(=O)N1CC=C[C@H]1C1=NC=C(c2ccc(-c3ccc4nc([C@@H]5CC6(CC6)CN5C(=O)[C@@H](NC(=O)OC)C(C)C)[nH]c4c3)cc2)C1)C(C)C. The van der Waals surface area contributed by atoms with Crippen molar-refractivity contribution in [3.8, 4) is 11.1 Å². The number of hydrogen-bond donors (Lipinski definition) is 3. The maximum atomic E-state index is 13.9. The van der Waals surface area contributed by atoms with E-state index >= 15 is 0 Å². The Bertz CT molecular complexity index is 2040. The van der Waals surface area contributed by atoms with Crippen LogP contribution in [0, 0.1) is 17.3 Å². The molecule has 284 valence electrons. The second kappa shape index (κ2) is 14.8. The Hall–Kier alpha value is -5.46. The number of ether oxygens (including phenoxy) is 2. The van der Waals surface area contributed by atoms with E-state index in [-0.39, 0.29) is 41.1 Å². The van der Waals surface area contributed by atoms with E-state index in [0.29, 0.717) is 19.5 Å². The molecule has 13 nitrogen and oxygen atoms in total. The fourth-order valence-corrected chi connectivity index (χ4v) is 7.91. The Morgan fingerprint density at radius 2 is 1.46 bits per heavy atom. The van der Waals surface area contributed by atoms with Gasteiger partial charge in [-0.05, 0) is 70.9 Å². The first kappa shape index (κ1) is 36.9. The van der Waals surface area contributed by atoms with Crippen molar-refractivity contribution in [2.75, 3.05) is 27.3 Å². The number of hydrogen-bond acceptors (Lipinski definition) is 8. The average molecular weight is 736 g/mol. The molecule has 4 atom stereocenters.